The SMILES string of the molecule is CC(=O)N1c2ccc(CC(C)Cl)cc2CC1C. The molecule has 3 heteroatoms. The highest BCUT2D eigenvalue weighted by atomic mass is 35.5. The van der Waals surface area contributed by atoms with Crippen molar-refractivity contribution in [3.05, 3.63) is 29.3 Å². The average molecular weight is 252 g/mol. The monoisotopic (exact) mass is 251 g/mol. The van der Waals surface area contributed by atoms with Crippen molar-refractivity contribution < 1.29 is 4.79 Å². The number of carbonyl (C=O) groups excluding carboxylic acids is 1. The topological polar surface area (TPSA) is 20.3 Å². The number of rotatable bonds is 2. The van der Waals surface area contributed by atoms with E-state index >= 15 is 0 Å². The summed E-state index contributed by atoms with van der Waals surface area (Å²) in [5.41, 5.74) is 3.59. The van der Waals surface area contributed by atoms with Crippen LogP contribution in [0.1, 0.15) is 31.9 Å². The van der Waals surface area contributed by atoms with Crippen LogP contribution in [-0.4, -0.2) is 17.3 Å². The third-order valence-corrected chi connectivity index (χ3v) is 3.37. The van der Waals surface area contributed by atoms with E-state index in [9.17, 15) is 4.79 Å². The number of nitrogens with zero attached hydrogens (tertiary/aromatic N) is 1. The van der Waals surface area contributed by atoms with Crippen LogP contribution in [0.5, 0.6) is 0 Å². The zero-order valence-electron chi connectivity index (χ0n) is 10.5. The molecule has 0 bridgehead atoms. The van der Waals surface area contributed by atoms with Crippen molar-refractivity contribution in [3.8, 4) is 0 Å². The Morgan fingerprint density at radius 1 is 1.59 bits per heavy atom. The summed E-state index contributed by atoms with van der Waals surface area (Å²) in [7, 11) is 0. The standard InChI is InChI=1S/C14H18ClNO/c1-9(15)6-12-4-5-14-13(8-12)7-10(2)16(14)11(3)17/h4-5,8-10H,6-7H2,1-3H3. The highest BCUT2D eigenvalue weighted by Crippen LogP contribution is 2.33. The van der Waals surface area contributed by atoms with Gasteiger partial charge in [0.1, 0.15) is 0 Å². The number of anilines is 1. The van der Waals surface area contributed by atoms with Crippen LogP contribution in [0.25, 0.3) is 0 Å². The molecule has 2 nitrogen and oxygen atoms in total. The first-order chi connectivity index (χ1) is 7.99. The van der Waals surface area contributed by atoms with Gasteiger partial charge in [0, 0.05) is 24.0 Å². The van der Waals surface area contributed by atoms with Gasteiger partial charge in [-0.05, 0) is 43.9 Å². The lowest BCUT2D eigenvalue weighted by Crippen LogP contribution is -2.33. The predicted molar refractivity (Wildman–Crippen MR) is 71.8 cm³/mol. The Morgan fingerprint density at radius 2 is 2.29 bits per heavy atom. The Hall–Kier alpha value is -1.02. The molecule has 0 saturated heterocycles. The second-order valence-corrected chi connectivity index (χ2v) is 5.64. The smallest absolute Gasteiger partial charge is 0.224 e. The fraction of sp³-hybridized carbons (Fsp3) is 0.500. The lowest BCUT2D eigenvalue weighted by atomic mass is 10.0. The zero-order valence-corrected chi connectivity index (χ0v) is 11.3. The largest absolute Gasteiger partial charge is 0.309 e. The van der Waals surface area contributed by atoms with Crippen LogP contribution in [0, 0.1) is 0 Å². The van der Waals surface area contributed by atoms with E-state index < -0.39 is 0 Å². The van der Waals surface area contributed by atoms with Crippen molar-refractivity contribution in [1.82, 2.24) is 0 Å². The van der Waals surface area contributed by atoms with Crippen molar-refractivity contribution >= 4 is 23.2 Å². The fourth-order valence-corrected chi connectivity index (χ4v) is 2.79. The van der Waals surface area contributed by atoms with Crippen LogP contribution in [0.4, 0.5) is 5.69 Å². The molecule has 1 heterocycles. The van der Waals surface area contributed by atoms with E-state index in [2.05, 4.69) is 25.1 Å². The van der Waals surface area contributed by atoms with E-state index in [0.29, 0.717) is 0 Å². The molecule has 0 saturated carbocycles. The molecule has 0 radical (unpaired) electrons. The summed E-state index contributed by atoms with van der Waals surface area (Å²) in [6.45, 7) is 5.71. The van der Waals surface area contributed by atoms with Crippen LogP contribution >= 0.6 is 11.6 Å². The molecule has 1 aromatic carbocycles. The highest BCUT2D eigenvalue weighted by Gasteiger charge is 2.28. The number of amides is 1. The minimum Gasteiger partial charge on any atom is -0.309 e. The highest BCUT2D eigenvalue weighted by molar-refractivity contribution is 6.20. The number of fused-ring (bicyclic) bond motifs is 1. The molecular weight excluding hydrogens is 234 g/mol. The number of carbonyl (C=O) groups is 1. The molecule has 0 spiro atoms. The maximum Gasteiger partial charge on any atom is 0.224 e. The average Bonchev–Trinajstić information content (AvgIpc) is 2.51. The van der Waals surface area contributed by atoms with E-state index in [1.807, 2.05) is 11.8 Å². The fourth-order valence-electron chi connectivity index (χ4n) is 2.62. The molecule has 2 atom stereocenters. The Morgan fingerprint density at radius 3 is 2.88 bits per heavy atom. The van der Waals surface area contributed by atoms with Gasteiger partial charge >= 0.3 is 0 Å². The van der Waals surface area contributed by atoms with Crippen LogP contribution < -0.4 is 4.90 Å². The third-order valence-electron chi connectivity index (χ3n) is 3.22. The minimum absolute atomic E-state index is 0.120. The Balaban J connectivity index is 2.31. The normalized spacial score (nSPS) is 20.2. The lowest BCUT2D eigenvalue weighted by molar-refractivity contribution is -0.116. The molecule has 0 N–H and O–H groups in total. The van der Waals surface area contributed by atoms with Crippen molar-refractivity contribution in [1.29, 1.82) is 0 Å². The van der Waals surface area contributed by atoms with E-state index in [-0.39, 0.29) is 17.3 Å². The van der Waals surface area contributed by atoms with E-state index in [0.717, 1.165) is 18.5 Å². The van der Waals surface area contributed by atoms with Crippen LogP contribution in [0.2, 0.25) is 0 Å². The Bertz CT molecular complexity index is 442. The van der Waals surface area contributed by atoms with Gasteiger partial charge in [0.15, 0.2) is 0 Å². The Labute approximate surface area is 108 Å². The summed E-state index contributed by atoms with van der Waals surface area (Å²) >= 11 is 6.01. The number of hydrogen-bond acceptors (Lipinski definition) is 1. The van der Waals surface area contributed by atoms with Crippen molar-refractivity contribution in [2.24, 2.45) is 0 Å². The Kier molecular flexibility index (Phi) is 3.43. The maximum absolute atomic E-state index is 11.6. The van der Waals surface area contributed by atoms with Gasteiger partial charge in [-0.15, -0.1) is 11.6 Å². The van der Waals surface area contributed by atoms with E-state index in [4.69, 9.17) is 11.6 Å². The molecule has 2 rings (SSSR count). The van der Waals surface area contributed by atoms with Gasteiger partial charge in [0.05, 0.1) is 0 Å². The van der Waals surface area contributed by atoms with Gasteiger partial charge in [0.2, 0.25) is 5.91 Å². The lowest BCUT2D eigenvalue weighted by Gasteiger charge is -2.20. The zero-order chi connectivity index (χ0) is 12.6. The molecule has 1 amide bonds. The van der Waals surface area contributed by atoms with Crippen LogP contribution in [0.3, 0.4) is 0 Å². The molecule has 0 aromatic heterocycles. The number of hydrogen-bond donors (Lipinski definition) is 0. The van der Waals surface area contributed by atoms with Gasteiger partial charge in [-0.2, -0.15) is 0 Å². The van der Waals surface area contributed by atoms with Gasteiger partial charge < -0.3 is 4.90 Å². The summed E-state index contributed by atoms with van der Waals surface area (Å²) in [6.07, 6.45) is 1.82. The molecule has 1 aromatic rings. The first-order valence-electron chi connectivity index (χ1n) is 6.04. The van der Waals surface area contributed by atoms with Crippen molar-refractivity contribution in [2.45, 2.75) is 45.0 Å². The minimum atomic E-state index is 0.120. The number of halogens is 1. The summed E-state index contributed by atoms with van der Waals surface area (Å²) in [6, 6.07) is 6.58. The number of alkyl halides is 1. The predicted octanol–water partition coefficient (Wildman–Crippen LogP) is 3.15. The van der Waals surface area contributed by atoms with Crippen LogP contribution in [0.15, 0.2) is 18.2 Å². The summed E-state index contributed by atoms with van der Waals surface area (Å²) in [5, 5.41) is 0.149. The van der Waals surface area contributed by atoms with Crippen molar-refractivity contribution in [2.75, 3.05) is 4.90 Å². The van der Waals surface area contributed by atoms with Gasteiger partial charge in [0.25, 0.3) is 0 Å². The number of benzene rings is 1. The molecule has 0 aliphatic carbocycles. The summed E-state index contributed by atoms with van der Waals surface area (Å²) < 4.78 is 0. The third kappa shape index (κ3) is 2.47. The van der Waals surface area contributed by atoms with Crippen LogP contribution in [-0.2, 0) is 17.6 Å². The molecule has 2 unspecified atom stereocenters. The first-order valence-corrected chi connectivity index (χ1v) is 6.48. The second-order valence-electron chi connectivity index (χ2n) is 4.89. The van der Waals surface area contributed by atoms with E-state index in [1.54, 1.807) is 6.92 Å². The quantitative estimate of drug-likeness (QED) is 0.740. The van der Waals surface area contributed by atoms with Crippen molar-refractivity contribution in [3.63, 3.8) is 0 Å². The molecule has 92 valence electrons. The second kappa shape index (κ2) is 4.69. The molecular formula is C14H18ClNO. The van der Waals surface area contributed by atoms with Gasteiger partial charge in [-0.1, -0.05) is 12.1 Å². The van der Waals surface area contributed by atoms with Gasteiger partial charge in [-0.25, -0.2) is 0 Å². The van der Waals surface area contributed by atoms with Gasteiger partial charge in [-0.3, -0.25) is 4.79 Å². The molecule has 0 fully saturated rings. The summed E-state index contributed by atoms with van der Waals surface area (Å²) in [4.78, 5) is 13.5. The molecule has 17 heavy (non-hydrogen) atoms. The molecule has 1 aliphatic rings. The molecule has 1 aliphatic heterocycles. The van der Waals surface area contributed by atoms with E-state index in [1.165, 1.54) is 11.1 Å². The summed E-state index contributed by atoms with van der Waals surface area (Å²) in [5.74, 6) is 0.120. The maximum atomic E-state index is 11.6. The first kappa shape index (κ1) is 12.4.